The van der Waals surface area contributed by atoms with Gasteiger partial charge in [0.25, 0.3) is 0 Å². The summed E-state index contributed by atoms with van der Waals surface area (Å²) < 4.78 is 10.7. The lowest BCUT2D eigenvalue weighted by molar-refractivity contribution is 0.104. The molecule has 0 radical (unpaired) electrons. The number of hydrogen-bond donors (Lipinski definition) is 0. The van der Waals surface area contributed by atoms with Gasteiger partial charge >= 0.3 is 0 Å². The number of hydrogen-bond acceptors (Lipinski definition) is 2. The van der Waals surface area contributed by atoms with Crippen molar-refractivity contribution in [1.82, 2.24) is 0 Å². The zero-order valence-corrected chi connectivity index (χ0v) is 10.4. The number of rotatable bonds is 5. The largest absolute Gasteiger partial charge is 0.374 e. The van der Waals surface area contributed by atoms with Gasteiger partial charge in [0, 0.05) is 5.33 Å². The molecule has 0 aromatic heterocycles. The van der Waals surface area contributed by atoms with Crippen LogP contribution >= 0.6 is 15.9 Å². The Morgan fingerprint density at radius 1 is 1.53 bits per heavy atom. The fourth-order valence-electron chi connectivity index (χ4n) is 1.43. The van der Waals surface area contributed by atoms with Gasteiger partial charge in [-0.05, 0) is 23.6 Å². The van der Waals surface area contributed by atoms with Gasteiger partial charge in [0.05, 0.1) is 19.8 Å². The highest BCUT2D eigenvalue weighted by molar-refractivity contribution is 9.08. The van der Waals surface area contributed by atoms with Crippen molar-refractivity contribution in [2.75, 3.05) is 13.2 Å². The number of alkyl halides is 1. The molecule has 2 nitrogen and oxygen atoms in total. The van der Waals surface area contributed by atoms with Crippen molar-refractivity contribution in [3.8, 4) is 0 Å². The molecule has 0 saturated carbocycles. The van der Waals surface area contributed by atoms with Crippen LogP contribution in [0.2, 0.25) is 0 Å². The lowest BCUT2D eigenvalue weighted by atomic mass is 10.1. The minimum absolute atomic E-state index is 0.352. The monoisotopic (exact) mass is 270 g/mol. The standard InChI is InChI=1S/C12H15BrO2/c1-9-2-3-10(5-13)4-11(9)6-14-7-12-8-15-12/h2-4,12H,5-8H2,1H3. The summed E-state index contributed by atoms with van der Waals surface area (Å²) in [5.74, 6) is 0. The highest BCUT2D eigenvalue weighted by atomic mass is 79.9. The van der Waals surface area contributed by atoms with Crippen molar-refractivity contribution in [2.45, 2.75) is 25.0 Å². The zero-order chi connectivity index (χ0) is 10.7. The van der Waals surface area contributed by atoms with Crippen molar-refractivity contribution in [1.29, 1.82) is 0 Å². The third-order valence-corrected chi connectivity index (χ3v) is 3.18. The molecule has 1 atom stereocenters. The van der Waals surface area contributed by atoms with Gasteiger partial charge in [0.2, 0.25) is 0 Å². The van der Waals surface area contributed by atoms with Crippen LogP contribution in [0, 0.1) is 6.92 Å². The fraction of sp³-hybridized carbons (Fsp3) is 0.500. The third kappa shape index (κ3) is 3.30. The van der Waals surface area contributed by atoms with Gasteiger partial charge in [0.15, 0.2) is 0 Å². The molecule has 1 aromatic rings. The molecule has 0 aliphatic carbocycles. The third-order valence-electron chi connectivity index (χ3n) is 2.53. The molecule has 15 heavy (non-hydrogen) atoms. The molecular weight excluding hydrogens is 256 g/mol. The normalized spacial score (nSPS) is 19.2. The number of epoxide rings is 1. The smallest absolute Gasteiger partial charge is 0.104 e. The van der Waals surface area contributed by atoms with Crippen LogP contribution in [0.5, 0.6) is 0 Å². The molecule has 0 spiro atoms. The van der Waals surface area contributed by atoms with Gasteiger partial charge in [-0.15, -0.1) is 0 Å². The van der Waals surface area contributed by atoms with E-state index in [2.05, 4.69) is 41.1 Å². The molecule has 1 aliphatic heterocycles. The number of benzene rings is 1. The maximum atomic E-state index is 5.58. The van der Waals surface area contributed by atoms with Gasteiger partial charge in [-0.3, -0.25) is 0 Å². The Kier molecular flexibility index (Phi) is 3.78. The molecule has 1 aromatic carbocycles. The summed E-state index contributed by atoms with van der Waals surface area (Å²) in [5.41, 5.74) is 3.85. The average Bonchev–Trinajstić information content (AvgIpc) is 3.05. The summed E-state index contributed by atoms with van der Waals surface area (Å²) >= 11 is 3.46. The SMILES string of the molecule is Cc1ccc(CBr)cc1COCC1CO1. The van der Waals surface area contributed by atoms with Crippen molar-refractivity contribution in [3.05, 3.63) is 34.9 Å². The molecule has 2 rings (SSSR count). The van der Waals surface area contributed by atoms with E-state index in [-0.39, 0.29) is 0 Å². The van der Waals surface area contributed by atoms with Crippen LogP contribution in [0.1, 0.15) is 16.7 Å². The molecular formula is C12H15BrO2. The first-order chi connectivity index (χ1) is 7.29. The van der Waals surface area contributed by atoms with E-state index in [1.165, 1.54) is 16.7 Å². The number of halogens is 1. The predicted octanol–water partition coefficient (Wildman–Crippen LogP) is 2.81. The Bertz CT molecular complexity index is 334. The van der Waals surface area contributed by atoms with Crippen LogP contribution in [-0.2, 0) is 21.4 Å². The fourth-order valence-corrected chi connectivity index (χ4v) is 1.78. The lowest BCUT2D eigenvalue weighted by Crippen LogP contribution is -2.02. The number of aryl methyl sites for hydroxylation is 1. The zero-order valence-electron chi connectivity index (χ0n) is 8.83. The Hall–Kier alpha value is -0.380. The Morgan fingerprint density at radius 3 is 3.00 bits per heavy atom. The van der Waals surface area contributed by atoms with Gasteiger partial charge in [0.1, 0.15) is 6.10 Å². The molecule has 1 aliphatic rings. The maximum Gasteiger partial charge on any atom is 0.104 e. The highest BCUT2D eigenvalue weighted by Crippen LogP contribution is 2.16. The van der Waals surface area contributed by atoms with E-state index in [4.69, 9.17) is 9.47 Å². The van der Waals surface area contributed by atoms with E-state index in [1.54, 1.807) is 0 Å². The summed E-state index contributed by atoms with van der Waals surface area (Å²) in [5, 5.41) is 0.895. The molecule has 82 valence electrons. The van der Waals surface area contributed by atoms with Gasteiger partial charge in [-0.1, -0.05) is 34.1 Å². The first-order valence-electron chi connectivity index (χ1n) is 5.13. The van der Waals surface area contributed by atoms with Crippen molar-refractivity contribution in [2.24, 2.45) is 0 Å². The minimum Gasteiger partial charge on any atom is -0.374 e. The van der Waals surface area contributed by atoms with E-state index in [9.17, 15) is 0 Å². The van der Waals surface area contributed by atoms with Crippen molar-refractivity contribution < 1.29 is 9.47 Å². The van der Waals surface area contributed by atoms with Crippen LogP contribution in [0.3, 0.4) is 0 Å². The molecule has 0 N–H and O–H groups in total. The van der Waals surface area contributed by atoms with E-state index < -0.39 is 0 Å². The predicted molar refractivity (Wildman–Crippen MR) is 63.2 cm³/mol. The van der Waals surface area contributed by atoms with Crippen LogP contribution in [-0.4, -0.2) is 19.3 Å². The second-order valence-electron chi connectivity index (χ2n) is 3.86. The lowest BCUT2D eigenvalue weighted by Gasteiger charge is -2.08. The Labute approximate surface area is 98.7 Å². The summed E-state index contributed by atoms with van der Waals surface area (Å²) in [7, 11) is 0. The minimum atomic E-state index is 0.352. The van der Waals surface area contributed by atoms with Crippen LogP contribution in [0.25, 0.3) is 0 Å². The van der Waals surface area contributed by atoms with Gasteiger partial charge in [-0.25, -0.2) is 0 Å². The first-order valence-corrected chi connectivity index (χ1v) is 6.25. The summed E-state index contributed by atoms with van der Waals surface area (Å²) in [6, 6.07) is 6.47. The van der Waals surface area contributed by atoms with Crippen molar-refractivity contribution in [3.63, 3.8) is 0 Å². The second kappa shape index (κ2) is 5.10. The highest BCUT2D eigenvalue weighted by Gasteiger charge is 2.22. The molecule has 0 amide bonds. The van der Waals surface area contributed by atoms with Crippen LogP contribution in [0.4, 0.5) is 0 Å². The molecule has 3 heteroatoms. The van der Waals surface area contributed by atoms with Gasteiger partial charge < -0.3 is 9.47 Å². The van der Waals surface area contributed by atoms with Crippen molar-refractivity contribution >= 4 is 15.9 Å². The topological polar surface area (TPSA) is 21.8 Å². The average molecular weight is 271 g/mol. The van der Waals surface area contributed by atoms with E-state index in [0.717, 1.165) is 18.5 Å². The quantitative estimate of drug-likeness (QED) is 0.606. The van der Waals surface area contributed by atoms with E-state index in [1.807, 2.05) is 0 Å². The summed E-state index contributed by atoms with van der Waals surface area (Å²) in [6.07, 6.45) is 0.352. The molecule has 1 saturated heterocycles. The summed E-state index contributed by atoms with van der Waals surface area (Å²) in [6.45, 7) is 4.38. The van der Waals surface area contributed by atoms with Crippen LogP contribution in [0.15, 0.2) is 18.2 Å². The molecule has 0 bridgehead atoms. The summed E-state index contributed by atoms with van der Waals surface area (Å²) in [4.78, 5) is 0. The van der Waals surface area contributed by atoms with E-state index in [0.29, 0.717) is 12.7 Å². The molecule has 1 fully saturated rings. The Morgan fingerprint density at radius 2 is 2.33 bits per heavy atom. The maximum absolute atomic E-state index is 5.58. The molecule has 1 unspecified atom stereocenters. The van der Waals surface area contributed by atoms with E-state index >= 15 is 0 Å². The van der Waals surface area contributed by atoms with Gasteiger partial charge in [-0.2, -0.15) is 0 Å². The number of ether oxygens (including phenoxy) is 2. The second-order valence-corrected chi connectivity index (χ2v) is 4.43. The Balaban J connectivity index is 1.92. The van der Waals surface area contributed by atoms with Crippen LogP contribution < -0.4 is 0 Å². The molecule has 1 heterocycles. The first kappa shape index (κ1) is 11.1.